The molecule has 3 nitrogen and oxygen atoms in total. The average Bonchev–Trinajstić information content (AvgIpc) is 2.41. The zero-order valence-corrected chi connectivity index (χ0v) is 10.0. The Kier molecular flexibility index (Phi) is 3.53. The van der Waals surface area contributed by atoms with Crippen LogP contribution in [0.15, 0.2) is 48.5 Å². The van der Waals surface area contributed by atoms with E-state index in [1.54, 1.807) is 36.4 Å². The minimum Gasteiger partial charge on any atom is -0.321 e. The van der Waals surface area contributed by atoms with Crippen molar-refractivity contribution >= 4 is 17.9 Å². The average molecular weight is 239 g/mol. The van der Waals surface area contributed by atoms with Crippen LogP contribution in [0.25, 0.3) is 0 Å². The number of carbonyl (C=O) groups is 2. The highest BCUT2D eigenvalue weighted by atomic mass is 16.1. The van der Waals surface area contributed by atoms with Crippen LogP contribution in [0.1, 0.15) is 26.3 Å². The van der Waals surface area contributed by atoms with Crippen molar-refractivity contribution in [3.05, 3.63) is 65.2 Å². The van der Waals surface area contributed by atoms with E-state index >= 15 is 0 Å². The molecule has 18 heavy (non-hydrogen) atoms. The van der Waals surface area contributed by atoms with Crippen molar-refractivity contribution in [3.63, 3.8) is 0 Å². The smallest absolute Gasteiger partial charge is 0.255 e. The summed E-state index contributed by atoms with van der Waals surface area (Å²) in [6.07, 6.45) is 0.744. The molecule has 0 aromatic heterocycles. The van der Waals surface area contributed by atoms with Gasteiger partial charge in [-0.1, -0.05) is 29.8 Å². The zero-order valence-electron chi connectivity index (χ0n) is 10.0. The number of carbonyl (C=O) groups excluding carboxylic acids is 2. The van der Waals surface area contributed by atoms with Crippen LogP contribution in [0.2, 0.25) is 0 Å². The van der Waals surface area contributed by atoms with Gasteiger partial charge in [0.15, 0.2) is 6.29 Å². The molecule has 2 aromatic carbocycles. The lowest BCUT2D eigenvalue weighted by Gasteiger charge is -2.08. The Morgan fingerprint density at radius 2 is 1.83 bits per heavy atom. The van der Waals surface area contributed by atoms with E-state index < -0.39 is 0 Å². The van der Waals surface area contributed by atoms with Gasteiger partial charge in [-0.05, 0) is 31.2 Å². The van der Waals surface area contributed by atoms with E-state index in [9.17, 15) is 9.59 Å². The Morgan fingerprint density at radius 1 is 1.11 bits per heavy atom. The van der Waals surface area contributed by atoms with Crippen LogP contribution in [0.4, 0.5) is 5.69 Å². The van der Waals surface area contributed by atoms with E-state index in [1.165, 1.54) is 0 Å². The summed E-state index contributed by atoms with van der Waals surface area (Å²) >= 11 is 0. The molecule has 1 amide bonds. The van der Waals surface area contributed by atoms with Crippen LogP contribution in [0.5, 0.6) is 0 Å². The third kappa shape index (κ3) is 2.63. The Morgan fingerprint density at radius 3 is 2.50 bits per heavy atom. The first kappa shape index (κ1) is 12.0. The molecule has 0 aliphatic heterocycles. The van der Waals surface area contributed by atoms with Gasteiger partial charge in [0.1, 0.15) is 0 Å². The molecule has 0 saturated heterocycles. The molecule has 0 radical (unpaired) electrons. The van der Waals surface area contributed by atoms with Gasteiger partial charge in [0.05, 0.1) is 5.69 Å². The SMILES string of the molecule is Cc1ccc(NC(=O)c2ccccc2)c(C=O)c1. The Balaban J connectivity index is 2.25. The number of nitrogens with one attached hydrogen (secondary N) is 1. The van der Waals surface area contributed by atoms with Crippen LogP contribution in [-0.2, 0) is 0 Å². The first-order chi connectivity index (χ1) is 8.70. The van der Waals surface area contributed by atoms with Gasteiger partial charge < -0.3 is 5.32 Å². The van der Waals surface area contributed by atoms with Crippen molar-refractivity contribution in [1.29, 1.82) is 0 Å². The van der Waals surface area contributed by atoms with E-state index in [-0.39, 0.29) is 5.91 Å². The maximum atomic E-state index is 11.9. The fraction of sp³-hybridized carbons (Fsp3) is 0.0667. The molecular weight excluding hydrogens is 226 g/mol. The third-order valence-electron chi connectivity index (χ3n) is 2.62. The number of hydrogen-bond donors (Lipinski definition) is 1. The molecule has 0 saturated carbocycles. The van der Waals surface area contributed by atoms with E-state index in [1.807, 2.05) is 19.1 Å². The Bertz CT molecular complexity index is 576. The number of amides is 1. The second-order valence-corrected chi connectivity index (χ2v) is 4.03. The highest BCUT2D eigenvalue weighted by molar-refractivity contribution is 6.06. The third-order valence-corrected chi connectivity index (χ3v) is 2.62. The quantitative estimate of drug-likeness (QED) is 0.837. The van der Waals surface area contributed by atoms with Crippen molar-refractivity contribution < 1.29 is 9.59 Å². The monoisotopic (exact) mass is 239 g/mol. The molecule has 0 unspecified atom stereocenters. The largest absolute Gasteiger partial charge is 0.321 e. The summed E-state index contributed by atoms with van der Waals surface area (Å²) in [4.78, 5) is 22.9. The summed E-state index contributed by atoms with van der Waals surface area (Å²) in [5, 5.41) is 2.73. The standard InChI is InChI=1S/C15H13NO2/c1-11-7-8-14(13(9-11)10-17)16-15(18)12-5-3-2-4-6-12/h2-10H,1H3,(H,16,18). The van der Waals surface area contributed by atoms with Gasteiger partial charge in [-0.3, -0.25) is 9.59 Å². The van der Waals surface area contributed by atoms with Crippen LogP contribution in [0, 0.1) is 6.92 Å². The van der Waals surface area contributed by atoms with Gasteiger partial charge in [0.2, 0.25) is 0 Å². The van der Waals surface area contributed by atoms with Crippen LogP contribution < -0.4 is 5.32 Å². The summed E-state index contributed by atoms with van der Waals surface area (Å²) in [6, 6.07) is 14.2. The molecule has 0 heterocycles. The molecule has 0 bridgehead atoms. The predicted octanol–water partition coefficient (Wildman–Crippen LogP) is 3.06. The lowest BCUT2D eigenvalue weighted by atomic mass is 10.1. The minimum atomic E-state index is -0.220. The normalized spacial score (nSPS) is 9.83. The van der Waals surface area contributed by atoms with Gasteiger partial charge in [-0.25, -0.2) is 0 Å². The lowest BCUT2D eigenvalue weighted by Crippen LogP contribution is -2.13. The molecule has 90 valence electrons. The van der Waals surface area contributed by atoms with Crippen molar-refractivity contribution in [2.45, 2.75) is 6.92 Å². The molecule has 0 spiro atoms. The molecule has 0 atom stereocenters. The van der Waals surface area contributed by atoms with Gasteiger partial charge in [0, 0.05) is 11.1 Å². The van der Waals surface area contributed by atoms with Crippen molar-refractivity contribution in [3.8, 4) is 0 Å². The van der Waals surface area contributed by atoms with Gasteiger partial charge >= 0.3 is 0 Å². The van der Waals surface area contributed by atoms with Crippen LogP contribution in [-0.4, -0.2) is 12.2 Å². The second-order valence-electron chi connectivity index (χ2n) is 4.03. The minimum absolute atomic E-state index is 0.220. The van der Waals surface area contributed by atoms with E-state index in [4.69, 9.17) is 0 Å². The predicted molar refractivity (Wildman–Crippen MR) is 71.0 cm³/mol. The van der Waals surface area contributed by atoms with Gasteiger partial charge in [-0.2, -0.15) is 0 Å². The molecule has 0 aliphatic carbocycles. The topological polar surface area (TPSA) is 46.2 Å². The Hall–Kier alpha value is -2.42. The number of hydrogen-bond acceptors (Lipinski definition) is 2. The highest BCUT2D eigenvalue weighted by Crippen LogP contribution is 2.16. The molecule has 2 rings (SSSR count). The summed E-state index contributed by atoms with van der Waals surface area (Å²) in [5.41, 5.74) is 2.56. The number of benzene rings is 2. The first-order valence-corrected chi connectivity index (χ1v) is 5.63. The molecule has 0 fully saturated rings. The maximum absolute atomic E-state index is 11.9. The maximum Gasteiger partial charge on any atom is 0.255 e. The van der Waals surface area contributed by atoms with Gasteiger partial charge in [-0.15, -0.1) is 0 Å². The molecule has 3 heteroatoms. The molecule has 1 N–H and O–H groups in total. The summed E-state index contributed by atoms with van der Waals surface area (Å²) in [6.45, 7) is 1.90. The second kappa shape index (κ2) is 5.27. The fourth-order valence-corrected chi connectivity index (χ4v) is 1.68. The fourth-order valence-electron chi connectivity index (χ4n) is 1.68. The number of aldehydes is 1. The van der Waals surface area contributed by atoms with E-state index in [2.05, 4.69) is 5.32 Å². The summed E-state index contributed by atoms with van der Waals surface area (Å²) in [5.74, 6) is -0.220. The van der Waals surface area contributed by atoms with E-state index in [0.29, 0.717) is 16.8 Å². The molecule has 2 aromatic rings. The van der Waals surface area contributed by atoms with Gasteiger partial charge in [0.25, 0.3) is 5.91 Å². The van der Waals surface area contributed by atoms with Crippen molar-refractivity contribution in [2.24, 2.45) is 0 Å². The number of anilines is 1. The highest BCUT2D eigenvalue weighted by Gasteiger charge is 2.08. The van der Waals surface area contributed by atoms with Crippen molar-refractivity contribution in [1.82, 2.24) is 0 Å². The number of aryl methyl sites for hydroxylation is 1. The molecular formula is C15H13NO2. The zero-order chi connectivity index (χ0) is 13.0. The van der Waals surface area contributed by atoms with Crippen molar-refractivity contribution in [2.75, 3.05) is 5.32 Å². The summed E-state index contributed by atoms with van der Waals surface area (Å²) in [7, 11) is 0. The lowest BCUT2D eigenvalue weighted by molar-refractivity contribution is 0.102. The Labute approximate surface area is 105 Å². The van der Waals surface area contributed by atoms with Crippen LogP contribution in [0.3, 0.4) is 0 Å². The van der Waals surface area contributed by atoms with Crippen LogP contribution >= 0.6 is 0 Å². The molecule has 0 aliphatic rings. The van der Waals surface area contributed by atoms with E-state index in [0.717, 1.165) is 11.8 Å². The summed E-state index contributed by atoms with van der Waals surface area (Å²) < 4.78 is 0. The first-order valence-electron chi connectivity index (χ1n) is 5.63. The number of rotatable bonds is 3.